The molecule has 2 atom stereocenters. The van der Waals surface area contributed by atoms with E-state index in [2.05, 4.69) is 22.1 Å². The molecule has 0 spiro atoms. The number of carbonyl (C=O) groups is 1. The van der Waals surface area contributed by atoms with Crippen molar-refractivity contribution in [3.8, 4) is 11.3 Å². The Morgan fingerprint density at radius 1 is 1.11 bits per heavy atom. The van der Waals surface area contributed by atoms with Crippen molar-refractivity contribution in [3.05, 3.63) is 71.5 Å². The highest BCUT2D eigenvalue weighted by molar-refractivity contribution is 7.92. The van der Waals surface area contributed by atoms with Crippen LogP contribution in [0.1, 0.15) is 60.5 Å². The zero-order valence-corrected chi connectivity index (χ0v) is 21.6. The van der Waals surface area contributed by atoms with Gasteiger partial charge in [0.1, 0.15) is 5.52 Å². The van der Waals surface area contributed by atoms with Crippen molar-refractivity contribution in [2.24, 2.45) is 5.73 Å². The number of benzene rings is 2. The van der Waals surface area contributed by atoms with Crippen molar-refractivity contribution in [2.75, 3.05) is 4.90 Å². The Morgan fingerprint density at radius 2 is 1.89 bits per heavy atom. The molecule has 6 rings (SSSR count). The normalized spacial score (nSPS) is 19.8. The number of hydrogen-bond donors (Lipinski definition) is 2. The molecular formula is C28H29N5O3S. The van der Waals surface area contributed by atoms with Gasteiger partial charge in [-0.1, -0.05) is 24.3 Å². The van der Waals surface area contributed by atoms with Crippen LogP contribution in [0, 0.1) is 0 Å². The number of rotatable bonds is 5. The smallest absolute Gasteiger partial charge is 0.259 e. The molecule has 2 aromatic carbocycles. The maximum atomic E-state index is 13.5. The highest BCUT2D eigenvalue weighted by Crippen LogP contribution is 2.38. The molecule has 0 radical (unpaired) electrons. The van der Waals surface area contributed by atoms with Crippen LogP contribution in [0.4, 0.5) is 5.69 Å². The first-order chi connectivity index (χ1) is 17.7. The van der Waals surface area contributed by atoms with Crippen molar-refractivity contribution < 1.29 is 13.2 Å². The lowest BCUT2D eigenvalue weighted by molar-refractivity contribution is 0.0996. The number of aromatic amines is 1. The van der Waals surface area contributed by atoms with Crippen LogP contribution >= 0.6 is 0 Å². The van der Waals surface area contributed by atoms with E-state index in [1.54, 1.807) is 55.4 Å². The quantitative estimate of drug-likeness (QED) is 0.402. The fourth-order valence-electron chi connectivity index (χ4n) is 5.40. The van der Waals surface area contributed by atoms with E-state index in [9.17, 15) is 13.2 Å². The SMILES string of the molecule is CC(C)S(=O)(=O)c1ccc(-c2cnc3[nH]cc(N4Cc5ccc(C6CC[C@@H](N)C6)cc5C4=O)c3n2)cc1. The van der Waals surface area contributed by atoms with E-state index in [0.29, 0.717) is 35.0 Å². The monoisotopic (exact) mass is 515 g/mol. The molecule has 1 aliphatic carbocycles. The van der Waals surface area contributed by atoms with Gasteiger partial charge in [0.25, 0.3) is 5.91 Å². The number of hydrogen-bond acceptors (Lipinski definition) is 6. The maximum Gasteiger partial charge on any atom is 0.259 e. The number of anilines is 1. The second-order valence-electron chi connectivity index (χ2n) is 10.3. The first kappa shape index (κ1) is 23.8. The average Bonchev–Trinajstić information content (AvgIpc) is 3.60. The predicted molar refractivity (Wildman–Crippen MR) is 143 cm³/mol. The summed E-state index contributed by atoms with van der Waals surface area (Å²) in [5.41, 5.74) is 12.2. The topological polar surface area (TPSA) is 122 Å². The average molecular weight is 516 g/mol. The van der Waals surface area contributed by atoms with E-state index in [0.717, 1.165) is 36.0 Å². The van der Waals surface area contributed by atoms with Crippen molar-refractivity contribution in [3.63, 3.8) is 0 Å². The molecule has 9 heteroatoms. The van der Waals surface area contributed by atoms with Crippen molar-refractivity contribution >= 4 is 32.6 Å². The first-order valence-corrected chi connectivity index (χ1v) is 14.2. The fourth-order valence-corrected chi connectivity index (χ4v) is 6.46. The molecule has 1 fully saturated rings. The van der Waals surface area contributed by atoms with Gasteiger partial charge in [-0.2, -0.15) is 0 Å². The number of nitrogens with one attached hydrogen (secondary N) is 1. The standard InChI is InChI=1S/C28H29N5O3S/c1-16(2)37(35,36)22-9-6-17(7-10-22)24-13-30-27-26(32-24)25(14-31-27)33-15-20-4-3-19(12-23(20)28(33)34)18-5-8-21(29)11-18/h3-4,6-7,9-10,12-14,16,18,21H,5,8,11,15,29H2,1-2H3,(H,30,31)/t18?,21-/m1/s1. The third-order valence-corrected chi connectivity index (χ3v) is 9.80. The fraction of sp³-hybridized carbons (Fsp3) is 0.321. The molecule has 4 aromatic rings. The minimum absolute atomic E-state index is 0.0458. The molecular weight excluding hydrogens is 486 g/mol. The third kappa shape index (κ3) is 4.02. The van der Waals surface area contributed by atoms with Crippen LogP contribution in [0.5, 0.6) is 0 Å². The molecule has 1 aliphatic heterocycles. The van der Waals surface area contributed by atoms with Gasteiger partial charge in [-0.25, -0.2) is 18.4 Å². The number of H-pyrrole nitrogens is 1. The molecule has 0 bridgehead atoms. The van der Waals surface area contributed by atoms with Gasteiger partial charge in [0.15, 0.2) is 15.5 Å². The van der Waals surface area contributed by atoms with E-state index in [1.807, 2.05) is 6.07 Å². The van der Waals surface area contributed by atoms with Gasteiger partial charge in [0.05, 0.1) is 34.3 Å². The van der Waals surface area contributed by atoms with E-state index < -0.39 is 15.1 Å². The molecule has 3 heterocycles. The van der Waals surface area contributed by atoms with Crippen molar-refractivity contribution in [2.45, 2.75) is 61.8 Å². The summed E-state index contributed by atoms with van der Waals surface area (Å²) in [6.07, 6.45) is 6.46. The van der Waals surface area contributed by atoms with Crippen LogP contribution in [0.25, 0.3) is 22.4 Å². The molecule has 190 valence electrons. The molecule has 2 aliphatic rings. The van der Waals surface area contributed by atoms with E-state index in [-0.39, 0.29) is 16.8 Å². The Hall–Kier alpha value is -3.56. The van der Waals surface area contributed by atoms with E-state index in [4.69, 9.17) is 10.7 Å². The lowest BCUT2D eigenvalue weighted by Crippen LogP contribution is -2.22. The molecule has 1 amide bonds. The van der Waals surface area contributed by atoms with Crippen LogP contribution in [-0.4, -0.2) is 40.6 Å². The van der Waals surface area contributed by atoms with Crippen molar-refractivity contribution in [1.29, 1.82) is 0 Å². The first-order valence-electron chi connectivity index (χ1n) is 12.6. The number of carbonyl (C=O) groups excluding carboxylic acids is 1. The largest absolute Gasteiger partial charge is 0.343 e. The molecule has 1 unspecified atom stereocenters. The van der Waals surface area contributed by atoms with Gasteiger partial charge >= 0.3 is 0 Å². The Morgan fingerprint density at radius 3 is 2.59 bits per heavy atom. The number of sulfone groups is 1. The molecule has 37 heavy (non-hydrogen) atoms. The highest BCUT2D eigenvalue weighted by atomic mass is 32.2. The highest BCUT2D eigenvalue weighted by Gasteiger charge is 2.32. The number of fused-ring (bicyclic) bond motifs is 2. The summed E-state index contributed by atoms with van der Waals surface area (Å²) in [6.45, 7) is 3.80. The van der Waals surface area contributed by atoms with E-state index in [1.165, 1.54) is 5.56 Å². The Kier molecular flexibility index (Phi) is 5.65. The molecule has 8 nitrogen and oxygen atoms in total. The minimum atomic E-state index is -3.35. The van der Waals surface area contributed by atoms with Crippen LogP contribution in [-0.2, 0) is 16.4 Å². The Bertz CT molecular complexity index is 1630. The number of amides is 1. The summed E-state index contributed by atoms with van der Waals surface area (Å²) in [4.78, 5) is 28.0. The lowest BCUT2D eigenvalue weighted by Gasteiger charge is -2.14. The zero-order chi connectivity index (χ0) is 25.9. The van der Waals surface area contributed by atoms with Crippen LogP contribution in [0.2, 0.25) is 0 Å². The van der Waals surface area contributed by atoms with Crippen LogP contribution in [0.15, 0.2) is 59.8 Å². The van der Waals surface area contributed by atoms with Gasteiger partial charge in [0.2, 0.25) is 0 Å². The van der Waals surface area contributed by atoms with E-state index >= 15 is 0 Å². The van der Waals surface area contributed by atoms with Crippen LogP contribution < -0.4 is 10.6 Å². The summed E-state index contributed by atoms with van der Waals surface area (Å²) in [5.74, 6) is 0.362. The van der Waals surface area contributed by atoms with Gasteiger partial charge < -0.3 is 15.6 Å². The lowest BCUT2D eigenvalue weighted by atomic mass is 9.94. The maximum absolute atomic E-state index is 13.5. The third-order valence-electron chi connectivity index (χ3n) is 7.63. The second-order valence-corrected chi connectivity index (χ2v) is 12.8. The minimum Gasteiger partial charge on any atom is -0.343 e. The number of aromatic nitrogens is 3. The summed E-state index contributed by atoms with van der Waals surface area (Å²) in [7, 11) is -3.35. The summed E-state index contributed by atoms with van der Waals surface area (Å²) < 4.78 is 24.9. The Balaban J connectivity index is 1.31. The summed E-state index contributed by atoms with van der Waals surface area (Å²) in [5, 5.41) is -0.495. The molecule has 3 N–H and O–H groups in total. The predicted octanol–water partition coefficient (Wildman–Crippen LogP) is 4.56. The van der Waals surface area contributed by atoms with Crippen molar-refractivity contribution in [1.82, 2.24) is 15.0 Å². The van der Waals surface area contributed by atoms with Gasteiger partial charge in [0, 0.05) is 23.4 Å². The molecule has 1 saturated carbocycles. The Labute approximate surface area is 215 Å². The second kappa shape index (κ2) is 8.78. The van der Waals surface area contributed by atoms with Gasteiger partial charge in [-0.05, 0) is 68.4 Å². The summed E-state index contributed by atoms with van der Waals surface area (Å²) in [6, 6.07) is 13.2. The molecule has 0 saturated heterocycles. The molecule has 2 aromatic heterocycles. The van der Waals surface area contributed by atoms with Crippen LogP contribution in [0.3, 0.4) is 0 Å². The zero-order valence-electron chi connectivity index (χ0n) is 20.8. The number of nitrogens with two attached hydrogens (primary N) is 1. The number of nitrogens with zero attached hydrogens (tertiary/aromatic N) is 3. The van der Waals surface area contributed by atoms with Gasteiger partial charge in [-0.3, -0.25) is 4.79 Å². The summed E-state index contributed by atoms with van der Waals surface area (Å²) >= 11 is 0. The van der Waals surface area contributed by atoms with Gasteiger partial charge in [-0.15, -0.1) is 0 Å².